The highest BCUT2D eigenvalue weighted by atomic mass is 19.1. The number of benzene rings is 2. The average molecular weight is 340 g/mol. The van der Waals surface area contributed by atoms with Gasteiger partial charge < -0.3 is 0 Å². The van der Waals surface area contributed by atoms with Gasteiger partial charge in [-0.05, 0) is 25.1 Å². The molecule has 2 N–H and O–H groups in total. The molecular weight excluding hydrogens is 326 g/mol. The number of H-pyrrole nitrogens is 1. The Bertz CT molecular complexity index is 935. The largest absolute Gasteiger partial charge is 0.289 e. The SMILES string of the molecule is C/C(=N/NC(=O)c1cc(-c2ccccc2)n[nH]1)c1ccc(F)cc1F. The molecule has 2 aromatic carbocycles. The van der Waals surface area contributed by atoms with Crippen molar-refractivity contribution in [3.8, 4) is 11.3 Å². The van der Waals surface area contributed by atoms with E-state index in [1.54, 1.807) is 6.07 Å². The number of hydrogen-bond acceptors (Lipinski definition) is 3. The van der Waals surface area contributed by atoms with Crippen LogP contribution in [-0.4, -0.2) is 21.8 Å². The number of halogens is 2. The maximum Gasteiger partial charge on any atom is 0.289 e. The van der Waals surface area contributed by atoms with Gasteiger partial charge in [0.1, 0.15) is 17.3 Å². The van der Waals surface area contributed by atoms with E-state index in [9.17, 15) is 13.6 Å². The monoisotopic (exact) mass is 340 g/mol. The molecule has 0 aliphatic heterocycles. The minimum Gasteiger partial charge on any atom is -0.272 e. The number of aromatic nitrogens is 2. The first-order valence-electron chi connectivity index (χ1n) is 7.45. The summed E-state index contributed by atoms with van der Waals surface area (Å²) in [5.74, 6) is -1.94. The van der Waals surface area contributed by atoms with E-state index >= 15 is 0 Å². The molecule has 3 aromatic rings. The molecule has 0 aliphatic carbocycles. The Hall–Kier alpha value is -3.35. The zero-order valence-electron chi connectivity index (χ0n) is 13.3. The first kappa shape index (κ1) is 16.5. The molecule has 1 heterocycles. The van der Waals surface area contributed by atoms with Gasteiger partial charge in [-0.1, -0.05) is 30.3 Å². The van der Waals surface area contributed by atoms with Crippen molar-refractivity contribution in [3.63, 3.8) is 0 Å². The van der Waals surface area contributed by atoms with E-state index in [1.807, 2.05) is 30.3 Å². The lowest BCUT2D eigenvalue weighted by Crippen LogP contribution is -2.20. The van der Waals surface area contributed by atoms with Gasteiger partial charge >= 0.3 is 0 Å². The molecule has 0 unspecified atom stereocenters. The predicted molar refractivity (Wildman–Crippen MR) is 90.1 cm³/mol. The topological polar surface area (TPSA) is 70.1 Å². The summed E-state index contributed by atoms with van der Waals surface area (Å²) >= 11 is 0. The van der Waals surface area contributed by atoms with Crippen molar-refractivity contribution in [2.45, 2.75) is 6.92 Å². The van der Waals surface area contributed by atoms with Crippen LogP contribution >= 0.6 is 0 Å². The van der Waals surface area contributed by atoms with Gasteiger partial charge in [0.2, 0.25) is 0 Å². The third-order valence-electron chi connectivity index (χ3n) is 3.54. The molecule has 1 aromatic heterocycles. The van der Waals surface area contributed by atoms with E-state index in [-0.39, 0.29) is 17.0 Å². The third kappa shape index (κ3) is 3.77. The van der Waals surface area contributed by atoms with Crippen LogP contribution in [0.15, 0.2) is 59.7 Å². The number of amides is 1. The smallest absolute Gasteiger partial charge is 0.272 e. The zero-order chi connectivity index (χ0) is 17.8. The lowest BCUT2D eigenvalue weighted by molar-refractivity contribution is 0.0950. The van der Waals surface area contributed by atoms with Crippen LogP contribution in [0.3, 0.4) is 0 Å². The second-order valence-corrected chi connectivity index (χ2v) is 5.30. The Kier molecular flexibility index (Phi) is 4.65. The van der Waals surface area contributed by atoms with Gasteiger partial charge in [-0.15, -0.1) is 0 Å². The van der Waals surface area contributed by atoms with Gasteiger partial charge in [-0.3, -0.25) is 9.89 Å². The highest BCUT2D eigenvalue weighted by Crippen LogP contribution is 2.16. The molecule has 0 spiro atoms. The lowest BCUT2D eigenvalue weighted by atomic mass is 10.1. The van der Waals surface area contributed by atoms with E-state index < -0.39 is 17.5 Å². The highest BCUT2D eigenvalue weighted by Gasteiger charge is 2.11. The van der Waals surface area contributed by atoms with E-state index in [0.29, 0.717) is 5.69 Å². The van der Waals surface area contributed by atoms with Gasteiger partial charge in [-0.25, -0.2) is 14.2 Å². The number of carbonyl (C=O) groups is 1. The normalized spacial score (nSPS) is 11.4. The molecule has 25 heavy (non-hydrogen) atoms. The van der Waals surface area contributed by atoms with Crippen molar-refractivity contribution < 1.29 is 13.6 Å². The Balaban J connectivity index is 1.73. The molecule has 7 heteroatoms. The van der Waals surface area contributed by atoms with E-state index in [0.717, 1.165) is 17.7 Å². The number of carbonyl (C=O) groups excluding carboxylic acids is 1. The van der Waals surface area contributed by atoms with Crippen molar-refractivity contribution >= 4 is 11.6 Å². The third-order valence-corrected chi connectivity index (χ3v) is 3.54. The van der Waals surface area contributed by atoms with Crippen LogP contribution in [0, 0.1) is 11.6 Å². The summed E-state index contributed by atoms with van der Waals surface area (Å²) in [6.07, 6.45) is 0. The molecule has 126 valence electrons. The first-order chi connectivity index (χ1) is 12.0. The van der Waals surface area contributed by atoms with Crippen LogP contribution in [0.5, 0.6) is 0 Å². The van der Waals surface area contributed by atoms with Crippen LogP contribution in [0.4, 0.5) is 8.78 Å². The van der Waals surface area contributed by atoms with Gasteiger partial charge in [0, 0.05) is 17.2 Å². The summed E-state index contributed by atoms with van der Waals surface area (Å²) in [6.45, 7) is 1.51. The van der Waals surface area contributed by atoms with Crippen LogP contribution in [-0.2, 0) is 0 Å². The second kappa shape index (κ2) is 7.04. The van der Waals surface area contributed by atoms with Crippen molar-refractivity contribution in [2.75, 3.05) is 0 Å². The van der Waals surface area contributed by atoms with Crippen LogP contribution in [0.2, 0.25) is 0 Å². The van der Waals surface area contributed by atoms with Crippen molar-refractivity contribution in [3.05, 3.63) is 77.5 Å². The first-order valence-corrected chi connectivity index (χ1v) is 7.45. The second-order valence-electron chi connectivity index (χ2n) is 5.30. The number of rotatable bonds is 4. The molecule has 0 radical (unpaired) electrons. The minimum absolute atomic E-state index is 0.108. The number of nitrogens with one attached hydrogen (secondary N) is 2. The molecular formula is C18H14F2N4O. The highest BCUT2D eigenvalue weighted by molar-refractivity contribution is 6.00. The Labute approximate surface area is 142 Å². The Morgan fingerprint density at radius 1 is 1.12 bits per heavy atom. The maximum atomic E-state index is 13.7. The quantitative estimate of drug-likeness (QED) is 0.564. The number of hydrogen-bond donors (Lipinski definition) is 2. The molecule has 3 rings (SSSR count). The number of hydrazone groups is 1. The Morgan fingerprint density at radius 3 is 2.60 bits per heavy atom. The maximum absolute atomic E-state index is 13.7. The summed E-state index contributed by atoms with van der Waals surface area (Å²) in [6, 6.07) is 14.1. The Morgan fingerprint density at radius 2 is 1.88 bits per heavy atom. The van der Waals surface area contributed by atoms with Crippen molar-refractivity contribution in [1.82, 2.24) is 15.6 Å². The van der Waals surface area contributed by atoms with Gasteiger partial charge in [0.15, 0.2) is 0 Å². The summed E-state index contributed by atoms with van der Waals surface area (Å²) < 4.78 is 26.6. The molecule has 0 saturated carbocycles. The predicted octanol–water partition coefficient (Wildman–Crippen LogP) is 3.51. The van der Waals surface area contributed by atoms with E-state index in [2.05, 4.69) is 20.7 Å². The summed E-state index contributed by atoms with van der Waals surface area (Å²) in [4.78, 5) is 12.1. The van der Waals surface area contributed by atoms with Crippen molar-refractivity contribution in [2.24, 2.45) is 5.10 Å². The number of aromatic amines is 1. The van der Waals surface area contributed by atoms with Crippen molar-refractivity contribution in [1.29, 1.82) is 0 Å². The van der Waals surface area contributed by atoms with Gasteiger partial charge in [0.25, 0.3) is 5.91 Å². The van der Waals surface area contributed by atoms with Crippen LogP contribution in [0.25, 0.3) is 11.3 Å². The standard InChI is InChI=1S/C18H14F2N4O/c1-11(14-8-7-13(19)9-15(14)20)21-24-18(25)17-10-16(22-23-17)12-5-3-2-4-6-12/h2-10H,1H3,(H,22,23)(H,24,25)/b21-11-. The van der Waals surface area contributed by atoms with Crippen LogP contribution < -0.4 is 5.43 Å². The molecule has 0 aliphatic rings. The molecule has 0 atom stereocenters. The molecule has 5 nitrogen and oxygen atoms in total. The fourth-order valence-corrected chi connectivity index (χ4v) is 2.23. The summed E-state index contributed by atoms with van der Waals surface area (Å²) in [5.41, 5.74) is 4.35. The summed E-state index contributed by atoms with van der Waals surface area (Å²) in [5, 5.41) is 10.6. The molecule has 0 saturated heterocycles. The number of nitrogens with zero attached hydrogens (tertiary/aromatic N) is 2. The van der Waals surface area contributed by atoms with Crippen LogP contribution in [0.1, 0.15) is 23.0 Å². The average Bonchev–Trinajstić information content (AvgIpc) is 3.10. The zero-order valence-corrected chi connectivity index (χ0v) is 13.3. The van der Waals surface area contributed by atoms with E-state index in [4.69, 9.17) is 0 Å². The fraction of sp³-hybridized carbons (Fsp3) is 0.0556. The van der Waals surface area contributed by atoms with Gasteiger partial charge in [-0.2, -0.15) is 10.2 Å². The minimum atomic E-state index is -0.747. The lowest BCUT2D eigenvalue weighted by Gasteiger charge is -2.03. The van der Waals surface area contributed by atoms with Gasteiger partial charge in [0.05, 0.1) is 11.4 Å². The molecule has 0 bridgehead atoms. The molecule has 0 fully saturated rings. The molecule has 1 amide bonds. The fourth-order valence-electron chi connectivity index (χ4n) is 2.23. The summed E-state index contributed by atoms with van der Waals surface area (Å²) in [7, 11) is 0. The van der Waals surface area contributed by atoms with E-state index in [1.165, 1.54) is 13.0 Å².